The smallest absolute Gasteiger partial charge is 0.422 e. The molecule has 1 atom stereocenters. The average molecular weight is 388 g/mol. The van der Waals surface area contributed by atoms with E-state index in [2.05, 4.69) is 4.74 Å². The summed E-state index contributed by atoms with van der Waals surface area (Å²) in [6, 6.07) is 3.13. The molecule has 1 amide bonds. The van der Waals surface area contributed by atoms with E-state index in [-0.39, 0.29) is 35.2 Å². The monoisotopic (exact) mass is 387 g/mol. The van der Waals surface area contributed by atoms with Crippen LogP contribution in [0.25, 0.3) is 0 Å². The van der Waals surface area contributed by atoms with Crippen molar-refractivity contribution in [2.45, 2.75) is 22.7 Å². The van der Waals surface area contributed by atoms with Crippen molar-refractivity contribution in [3.8, 4) is 5.75 Å². The standard InChI is InChI=1S/C13H13ClF3NO5S/c14-10-5-8(23-7-13(15,16)17)1-2-11(10)24(21,22)9-3-4-18(6-9)12(19)20/h1-2,5,9H,3-4,6-7H2,(H,19,20)/t9-/m0/s1. The Labute approximate surface area is 140 Å². The molecule has 0 radical (unpaired) electrons. The summed E-state index contributed by atoms with van der Waals surface area (Å²) in [7, 11) is -3.91. The maximum atomic E-state index is 12.5. The Morgan fingerprint density at radius 3 is 2.58 bits per heavy atom. The second-order valence-corrected chi connectivity index (χ2v) is 7.78. The molecule has 1 fully saturated rings. The summed E-state index contributed by atoms with van der Waals surface area (Å²) in [5.74, 6) is -0.213. The van der Waals surface area contributed by atoms with Gasteiger partial charge in [-0.15, -0.1) is 0 Å². The van der Waals surface area contributed by atoms with E-state index >= 15 is 0 Å². The fraction of sp³-hybridized carbons (Fsp3) is 0.462. The molecule has 0 aliphatic carbocycles. The number of alkyl halides is 3. The van der Waals surface area contributed by atoms with E-state index in [9.17, 15) is 26.4 Å². The number of halogens is 4. The molecule has 134 valence electrons. The summed E-state index contributed by atoms with van der Waals surface area (Å²) in [5.41, 5.74) is 0. The number of carboxylic acid groups (broad SMARTS) is 1. The van der Waals surface area contributed by atoms with Crippen molar-refractivity contribution in [1.29, 1.82) is 0 Å². The van der Waals surface area contributed by atoms with Gasteiger partial charge in [-0.3, -0.25) is 0 Å². The number of amides is 1. The number of nitrogens with zero attached hydrogens (tertiary/aromatic N) is 1. The van der Waals surface area contributed by atoms with Crippen LogP contribution in [0.15, 0.2) is 23.1 Å². The minimum atomic E-state index is -4.53. The summed E-state index contributed by atoms with van der Waals surface area (Å²) in [5, 5.41) is 7.65. The van der Waals surface area contributed by atoms with Gasteiger partial charge in [0.05, 0.1) is 15.2 Å². The number of rotatable bonds is 4. The van der Waals surface area contributed by atoms with Crippen molar-refractivity contribution in [2.75, 3.05) is 19.7 Å². The lowest BCUT2D eigenvalue weighted by molar-refractivity contribution is -0.153. The Bertz CT molecular complexity index is 738. The van der Waals surface area contributed by atoms with E-state index in [1.165, 1.54) is 0 Å². The zero-order valence-electron chi connectivity index (χ0n) is 12.1. The summed E-state index contributed by atoms with van der Waals surface area (Å²) >= 11 is 5.87. The van der Waals surface area contributed by atoms with Gasteiger partial charge >= 0.3 is 12.3 Å². The Morgan fingerprint density at radius 2 is 2.08 bits per heavy atom. The van der Waals surface area contributed by atoms with Crippen LogP contribution in [0.2, 0.25) is 5.02 Å². The van der Waals surface area contributed by atoms with Crippen molar-refractivity contribution in [3.05, 3.63) is 23.2 Å². The first-order chi connectivity index (χ1) is 11.0. The van der Waals surface area contributed by atoms with Crippen LogP contribution in [-0.2, 0) is 9.84 Å². The highest BCUT2D eigenvalue weighted by Crippen LogP contribution is 2.32. The van der Waals surface area contributed by atoms with Gasteiger partial charge in [0.25, 0.3) is 0 Å². The molecular formula is C13H13ClF3NO5S. The van der Waals surface area contributed by atoms with Crippen LogP contribution < -0.4 is 4.74 Å². The zero-order chi connectivity index (χ0) is 18.1. The molecule has 0 bridgehead atoms. The summed E-state index contributed by atoms with van der Waals surface area (Å²) in [6.07, 6.45) is -5.62. The molecule has 11 heteroatoms. The number of hydrogen-bond acceptors (Lipinski definition) is 4. The van der Waals surface area contributed by atoms with Crippen LogP contribution in [0.5, 0.6) is 5.75 Å². The Morgan fingerprint density at radius 1 is 1.42 bits per heavy atom. The molecule has 2 rings (SSSR count). The van der Waals surface area contributed by atoms with E-state index in [4.69, 9.17) is 16.7 Å². The third kappa shape index (κ3) is 4.23. The van der Waals surface area contributed by atoms with Gasteiger partial charge < -0.3 is 14.7 Å². The van der Waals surface area contributed by atoms with E-state index in [0.717, 1.165) is 23.1 Å². The Hall–Kier alpha value is -1.68. The molecule has 1 saturated heterocycles. The lowest BCUT2D eigenvalue weighted by atomic mass is 10.3. The van der Waals surface area contributed by atoms with E-state index in [1.807, 2.05) is 0 Å². The summed E-state index contributed by atoms with van der Waals surface area (Å²) in [4.78, 5) is 11.6. The summed E-state index contributed by atoms with van der Waals surface area (Å²) < 4.78 is 65.9. The average Bonchev–Trinajstić information content (AvgIpc) is 2.95. The van der Waals surface area contributed by atoms with Gasteiger partial charge in [0, 0.05) is 19.2 Å². The van der Waals surface area contributed by atoms with Crippen LogP contribution in [0.3, 0.4) is 0 Å². The lowest BCUT2D eigenvalue weighted by Crippen LogP contribution is -2.30. The largest absolute Gasteiger partial charge is 0.484 e. The molecule has 1 N–H and O–H groups in total. The first kappa shape index (κ1) is 18.7. The molecule has 1 aliphatic heterocycles. The molecule has 1 aliphatic rings. The Balaban J connectivity index is 2.18. The first-order valence-electron chi connectivity index (χ1n) is 6.71. The number of sulfone groups is 1. The van der Waals surface area contributed by atoms with Crippen molar-refractivity contribution >= 4 is 27.5 Å². The fourth-order valence-corrected chi connectivity index (χ4v) is 4.53. The normalized spacial score (nSPS) is 18.7. The molecule has 1 heterocycles. The number of benzene rings is 1. The second kappa shape index (κ2) is 6.67. The molecule has 6 nitrogen and oxygen atoms in total. The highest BCUT2D eigenvalue weighted by atomic mass is 35.5. The number of carbonyl (C=O) groups is 1. The highest BCUT2D eigenvalue weighted by Gasteiger charge is 2.37. The lowest BCUT2D eigenvalue weighted by Gasteiger charge is -2.15. The number of ether oxygens (including phenoxy) is 1. The predicted molar refractivity (Wildman–Crippen MR) is 78.2 cm³/mol. The van der Waals surface area contributed by atoms with E-state index < -0.39 is 34.0 Å². The van der Waals surface area contributed by atoms with Gasteiger partial charge in [0.15, 0.2) is 16.4 Å². The van der Waals surface area contributed by atoms with Gasteiger partial charge in [-0.1, -0.05) is 11.6 Å². The van der Waals surface area contributed by atoms with Gasteiger partial charge in [0.2, 0.25) is 0 Å². The molecule has 0 aromatic heterocycles. The maximum absolute atomic E-state index is 12.5. The van der Waals surface area contributed by atoms with Crippen LogP contribution in [0.4, 0.5) is 18.0 Å². The van der Waals surface area contributed by atoms with Crippen molar-refractivity contribution in [1.82, 2.24) is 4.90 Å². The zero-order valence-corrected chi connectivity index (χ0v) is 13.7. The third-order valence-electron chi connectivity index (χ3n) is 3.47. The topological polar surface area (TPSA) is 83.9 Å². The molecule has 1 aromatic carbocycles. The first-order valence-corrected chi connectivity index (χ1v) is 8.64. The SMILES string of the molecule is O=C(O)N1CC[C@H](S(=O)(=O)c2ccc(OCC(F)(F)F)cc2Cl)C1. The minimum Gasteiger partial charge on any atom is -0.484 e. The Kier molecular flexibility index (Phi) is 5.19. The molecular weight excluding hydrogens is 375 g/mol. The van der Waals surface area contributed by atoms with Crippen molar-refractivity contribution < 1.29 is 36.2 Å². The van der Waals surface area contributed by atoms with Crippen molar-refractivity contribution in [2.24, 2.45) is 0 Å². The van der Waals surface area contributed by atoms with Crippen LogP contribution in [-0.4, -0.2) is 55.6 Å². The van der Waals surface area contributed by atoms with Crippen LogP contribution in [0, 0.1) is 0 Å². The molecule has 0 unspecified atom stereocenters. The molecule has 24 heavy (non-hydrogen) atoms. The van der Waals surface area contributed by atoms with E-state index in [1.54, 1.807) is 0 Å². The van der Waals surface area contributed by atoms with Gasteiger partial charge in [-0.25, -0.2) is 13.2 Å². The summed E-state index contributed by atoms with van der Waals surface area (Å²) in [6.45, 7) is -1.62. The molecule has 0 saturated carbocycles. The quantitative estimate of drug-likeness (QED) is 0.858. The number of hydrogen-bond donors (Lipinski definition) is 1. The predicted octanol–water partition coefficient (Wildman–Crippen LogP) is 2.81. The number of likely N-dealkylation sites (tertiary alicyclic amines) is 1. The minimum absolute atomic E-state index is 0.0869. The van der Waals surface area contributed by atoms with Crippen molar-refractivity contribution in [3.63, 3.8) is 0 Å². The van der Waals surface area contributed by atoms with Gasteiger partial charge in [-0.05, 0) is 18.6 Å². The van der Waals surface area contributed by atoms with Crippen LogP contribution in [0.1, 0.15) is 6.42 Å². The fourth-order valence-electron chi connectivity index (χ4n) is 2.30. The second-order valence-electron chi connectivity index (χ2n) is 5.18. The van der Waals surface area contributed by atoms with Crippen LogP contribution >= 0.6 is 11.6 Å². The third-order valence-corrected chi connectivity index (χ3v) is 6.12. The van der Waals surface area contributed by atoms with E-state index in [0.29, 0.717) is 0 Å². The van der Waals surface area contributed by atoms with Gasteiger partial charge in [0.1, 0.15) is 5.75 Å². The molecule has 1 aromatic rings. The highest BCUT2D eigenvalue weighted by molar-refractivity contribution is 7.92. The molecule has 0 spiro atoms. The maximum Gasteiger partial charge on any atom is 0.422 e. The van der Waals surface area contributed by atoms with Gasteiger partial charge in [-0.2, -0.15) is 13.2 Å².